The molecule has 0 aliphatic heterocycles. The molecule has 13 heteroatoms. The van der Waals surface area contributed by atoms with Crippen LogP contribution in [-0.2, 0) is 17.4 Å². The molecule has 1 aromatic heterocycles. The SMILES string of the molecule is COc1cc(/C=N\NC(=O)Cc2csc(Nc3cccc(C(F)(F)F)c3)n2)cc(Cl)c1OCC#N. The van der Waals surface area contributed by atoms with Crippen LogP contribution in [0.2, 0.25) is 5.02 Å². The van der Waals surface area contributed by atoms with Gasteiger partial charge in [0.25, 0.3) is 0 Å². The normalized spacial score (nSPS) is 11.2. The highest BCUT2D eigenvalue weighted by Gasteiger charge is 2.30. The number of ether oxygens (including phenoxy) is 2. The molecule has 182 valence electrons. The maximum absolute atomic E-state index is 12.9. The van der Waals surface area contributed by atoms with E-state index in [1.165, 1.54) is 31.5 Å². The van der Waals surface area contributed by atoms with Crippen molar-refractivity contribution in [2.24, 2.45) is 5.10 Å². The van der Waals surface area contributed by atoms with Crippen molar-refractivity contribution in [2.45, 2.75) is 12.6 Å². The van der Waals surface area contributed by atoms with Gasteiger partial charge in [-0.3, -0.25) is 4.79 Å². The van der Waals surface area contributed by atoms with E-state index in [1.54, 1.807) is 11.4 Å². The Morgan fingerprint density at radius 3 is 2.86 bits per heavy atom. The maximum Gasteiger partial charge on any atom is 0.416 e. The van der Waals surface area contributed by atoms with Gasteiger partial charge in [-0.25, -0.2) is 10.4 Å². The third-order valence-corrected chi connectivity index (χ3v) is 5.36. The Bertz CT molecular complexity index is 1270. The van der Waals surface area contributed by atoms with Crippen molar-refractivity contribution < 1.29 is 27.4 Å². The second-order valence-corrected chi connectivity index (χ2v) is 8.06. The summed E-state index contributed by atoms with van der Waals surface area (Å²) in [6, 6.07) is 9.67. The number of alkyl halides is 3. The molecule has 8 nitrogen and oxygen atoms in total. The van der Waals surface area contributed by atoms with Crippen LogP contribution >= 0.6 is 22.9 Å². The van der Waals surface area contributed by atoms with Crippen LogP contribution in [0.15, 0.2) is 46.9 Å². The van der Waals surface area contributed by atoms with Crippen LogP contribution < -0.4 is 20.2 Å². The Morgan fingerprint density at radius 1 is 1.34 bits per heavy atom. The average Bonchev–Trinajstić information content (AvgIpc) is 3.24. The zero-order valence-corrected chi connectivity index (χ0v) is 19.6. The number of carbonyl (C=O) groups is 1. The molecule has 2 N–H and O–H groups in total. The van der Waals surface area contributed by atoms with Gasteiger partial charge in [-0.05, 0) is 35.9 Å². The van der Waals surface area contributed by atoms with Gasteiger partial charge in [0, 0.05) is 11.1 Å². The number of anilines is 2. The van der Waals surface area contributed by atoms with Gasteiger partial charge in [0.2, 0.25) is 5.91 Å². The quantitative estimate of drug-likeness (QED) is 0.296. The largest absolute Gasteiger partial charge is 0.493 e. The second-order valence-electron chi connectivity index (χ2n) is 6.80. The highest BCUT2D eigenvalue weighted by molar-refractivity contribution is 7.13. The van der Waals surface area contributed by atoms with Crippen LogP contribution in [0.5, 0.6) is 11.5 Å². The summed E-state index contributed by atoms with van der Waals surface area (Å²) in [7, 11) is 1.41. The second kappa shape index (κ2) is 11.5. The van der Waals surface area contributed by atoms with E-state index >= 15 is 0 Å². The number of halogens is 4. The number of amides is 1. The van der Waals surface area contributed by atoms with Crippen molar-refractivity contribution >= 4 is 45.9 Å². The minimum absolute atomic E-state index is 0.0941. The molecule has 0 spiro atoms. The lowest BCUT2D eigenvalue weighted by Crippen LogP contribution is -2.20. The molecule has 0 radical (unpaired) electrons. The van der Waals surface area contributed by atoms with Crippen LogP contribution in [0.1, 0.15) is 16.8 Å². The lowest BCUT2D eigenvalue weighted by Gasteiger charge is -2.11. The number of benzene rings is 2. The number of thiazole rings is 1. The molecule has 0 unspecified atom stereocenters. The number of hydrazone groups is 1. The zero-order chi connectivity index (χ0) is 25.4. The summed E-state index contributed by atoms with van der Waals surface area (Å²) < 4.78 is 49.0. The molecule has 3 rings (SSSR count). The fraction of sp³-hybridized carbons (Fsp3) is 0.182. The van der Waals surface area contributed by atoms with Gasteiger partial charge in [0.05, 0.1) is 36.0 Å². The van der Waals surface area contributed by atoms with E-state index in [9.17, 15) is 18.0 Å². The predicted octanol–water partition coefficient (Wildman–Crippen LogP) is 5.16. The first-order valence-corrected chi connectivity index (χ1v) is 11.0. The molecule has 2 aromatic carbocycles. The fourth-order valence-electron chi connectivity index (χ4n) is 2.78. The number of nitriles is 1. The van der Waals surface area contributed by atoms with E-state index in [-0.39, 0.29) is 29.5 Å². The molecular weight excluding hydrogens is 507 g/mol. The molecule has 0 fully saturated rings. The van der Waals surface area contributed by atoms with E-state index in [1.807, 2.05) is 6.07 Å². The Hall–Kier alpha value is -3.82. The number of methoxy groups -OCH3 is 1. The maximum atomic E-state index is 12.9. The van der Waals surface area contributed by atoms with Crippen molar-refractivity contribution in [3.05, 3.63) is 63.6 Å². The summed E-state index contributed by atoms with van der Waals surface area (Å²) in [5.41, 5.74) is 2.74. The average molecular weight is 524 g/mol. The molecule has 1 heterocycles. The zero-order valence-electron chi connectivity index (χ0n) is 18.0. The molecule has 1 amide bonds. The van der Waals surface area contributed by atoms with Gasteiger partial charge in [-0.15, -0.1) is 11.3 Å². The topological polar surface area (TPSA) is 109 Å². The van der Waals surface area contributed by atoms with Crippen molar-refractivity contribution in [1.82, 2.24) is 10.4 Å². The number of nitrogens with zero attached hydrogens (tertiary/aromatic N) is 3. The summed E-state index contributed by atoms with van der Waals surface area (Å²) in [6.45, 7) is -0.201. The van der Waals surface area contributed by atoms with Crippen molar-refractivity contribution in [1.29, 1.82) is 5.26 Å². The van der Waals surface area contributed by atoms with E-state index in [0.29, 0.717) is 22.1 Å². The summed E-state index contributed by atoms with van der Waals surface area (Å²) in [5.74, 6) is 0.0583. The van der Waals surface area contributed by atoms with E-state index in [2.05, 4.69) is 20.8 Å². The molecule has 0 bridgehead atoms. The lowest BCUT2D eigenvalue weighted by atomic mass is 10.2. The van der Waals surface area contributed by atoms with Crippen LogP contribution in [0.25, 0.3) is 0 Å². The molecule has 3 aromatic rings. The van der Waals surface area contributed by atoms with E-state index < -0.39 is 17.6 Å². The van der Waals surface area contributed by atoms with Gasteiger partial charge in [0.1, 0.15) is 6.07 Å². The molecule has 0 aliphatic carbocycles. The number of hydrogen-bond acceptors (Lipinski definition) is 8. The Labute approximate surface area is 207 Å². The summed E-state index contributed by atoms with van der Waals surface area (Å²) in [5, 5.41) is 17.5. The molecule has 0 saturated heterocycles. The molecule has 0 saturated carbocycles. The van der Waals surface area contributed by atoms with E-state index in [4.69, 9.17) is 26.3 Å². The van der Waals surface area contributed by atoms with Gasteiger partial charge < -0.3 is 14.8 Å². The number of hydrogen-bond donors (Lipinski definition) is 2. The van der Waals surface area contributed by atoms with Crippen LogP contribution in [0.4, 0.5) is 24.0 Å². The standard InChI is InChI=1S/C22H17ClF3N5O3S/c1-33-18-8-13(7-17(23)20(18)34-6-5-27)11-28-31-19(32)10-16-12-35-21(30-16)29-15-4-2-3-14(9-15)22(24,25)26/h2-4,7-9,11-12H,6,10H2,1H3,(H,29,30)(H,31,32)/b28-11-. The van der Waals surface area contributed by atoms with Crippen molar-refractivity contribution in [3.8, 4) is 17.6 Å². The summed E-state index contributed by atoms with van der Waals surface area (Å²) >= 11 is 7.31. The number of nitrogens with one attached hydrogen (secondary N) is 2. The van der Waals surface area contributed by atoms with Crippen LogP contribution in [-0.4, -0.2) is 30.8 Å². The Morgan fingerprint density at radius 2 is 2.14 bits per heavy atom. The molecule has 35 heavy (non-hydrogen) atoms. The first-order valence-electron chi connectivity index (χ1n) is 9.77. The third-order valence-electron chi connectivity index (χ3n) is 4.27. The third kappa shape index (κ3) is 7.33. The van der Waals surface area contributed by atoms with Crippen molar-refractivity contribution in [2.75, 3.05) is 19.0 Å². The molecule has 0 aliphatic rings. The number of aromatic nitrogens is 1. The van der Waals surface area contributed by atoms with Crippen molar-refractivity contribution in [3.63, 3.8) is 0 Å². The number of rotatable bonds is 9. The van der Waals surface area contributed by atoms with Crippen LogP contribution in [0.3, 0.4) is 0 Å². The van der Waals surface area contributed by atoms with Gasteiger partial charge >= 0.3 is 6.18 Å². The molecule has 0 atom stereocenters. The minimum atomic E-state index is -4.45. The highest BCUT2D eigenvalue weighted by atomic mass is 35.5. The first-order chi connectivity index (χ1) is 16.7. The van der Waals surface area contributed by atoms with Gasteiger partial charge in [0.15, 0.2) is 23.2 Å². The minimum Gasteiger partial charge on any atom is -0.493 e. The number of carbonyl (C=O) groups excluding carboxylic acids is 1. The van der Waals surface area contributed by atoms with Crippen LogP contribution in [0, 0.1) is 11.3 Å². The highest BCUT2D eigenvalue weighted by Crippen LogP contribution is 2.36. The summed E-state index contributed by atoms with van der Waals surface area (Å²) in [4.78, 5) is 16.4. The fourth-order valence-corrected chi connectivity index (χ4v) is 3.79. The predicted molar refractivity (Wildman–Crippen MR) is 125 cm³/mol. The molecular formula is C22H17ClF3N5O3S. The van der Waals surface area contributed by atoms with Gasteiger partial charge in [-0.1, -0.05) is 17.7 Å². The summed E-state index contributed by atoms with van der Waals surface area (Å²) in [6.07, 6.45) is -3.20. The first kappa shape index (κ1) is 25.8. The van der Waals surface area contributed by atoms with Gasteiger partial charge in [-0.2, -0.15) is 23.5 Å². The lowest BCUT2D eigenvalue weighted by molar-refractivity contribution is -0.137. The van der Waals surface area contributed by atoms with E-state index in [0.717, 1.165) is 23.5 Å². The Balaban J connectivity index is 1.57. The Kier molecular flexibility index (Phi) is 8.51. The smallest absolute Gasteiger partial charge is 0.416 e. The monoisotopic (exact) mass is 523 g/mol.